The maximum absolute atomic E-state index is 13.5. The standard InChI is InChI=1S/C26H34N4O2/c1-5-29-25-24(19(4)28-30(25)22-14-10-9-11-17(22)2)18(3)21(26(29)32)15-16-23(31)27-20-12-7-6-8-13-20/h9-11,14,20H,5-8,12-13,15-16H2,1-4H3,(H,27,31). The number of hydrogen-bond acceptors (Lipinski definition) is 3. The third kappa shape index (κ3) is 4.10. The van der Waals surface area contributed by atoms with E-state index in [2.05, 4.69) is 18.3 Å². The molecule has 0 bridgehead atoms. The van der Waals surface area contributed by atoms with Gasteiger partial charge in [0.1, 0.15) is 5.65 Å². The van der Waals surface area contributed by atoms with Gasteiger partial charge in [-0.1, -0.05) is 37.5 Å². The number of benzene rings is 1. The van der Waals surface area contributed by atoms with E-state index in [1.54, 1.807) is 0 Å². The lowest BCUT2D eigenvalue weighted by atomic mass is 9.95. The third-order valence-corrected chi connectivity index (χ3v) is 6.85. The van der Waals surface area contributed by atoms with Gasteiger partial charge in [0.25, 0.3) is 5.56 Å². The molecule has 0 radical (unpaired) electrons. The fraction of sp³-hybridized carbons (Fsp3) is 0.500. The van der Waals surface area contributed by atoms with Crippen molar-refractivity contribution in [2.24, 2.45) is 0 Å². The molecular weight excluding hydrogens is 400 g/mol. The minimum absolute atomic E-state index is 0.0160. The Morgan fingerprint density at radius 2 is 1.84 bits per heavy atom. The summed E-state index contributed by atoms with van der Waals surface area (Å²) in [5, 5.41) is 9.01. The van der Waals surface area contributed by atoms with Crippen molar-refractivity contribution in [1.82, 2.24) is 19.7 Å². The number of amides is 1. The summed E-state index contributed by atoms with van der Waals surface area (Å²) in [4.78, 5) is 26.1. The van der Waals surface area contributed by atoms with Crippen molar-refractivity contribution in [2.75, 3.05) is 0 Å². The number of para-hydroxylation sites is 1. The Morgan fingerprint density at radius 1 is 1.12 bits per heavy atom. The van der Waals surface area contributed by atoms with Crippen molar-refractivity contribution in [1.29, 1.82) is 0 Å². The van der Waals surface area contributed by atoms with Gasteiger partial charge in [0.2, 0.25) is 5.91 Å². The van der Waals surface area contributed by atoms with Gasteiger partial charge in [-0.05, 0) is 64.2 Å². The van der Waals surface area contributed by atoms with E-state index in [4.69, 9.17) is 5.10 Å². The number of hydrogen-bond donors (Lipinski definition) is 1. The largest absolute Gasteiger partial charge is 0.353 e. The number of carbonyl (C=O) groups excluding carboxylic acids is 1. The number of pyridine rings is 1. The molecule has 1 N–H and O–H groups in total. The zero-order valence-corrected chi connectivity index (χ0v) is 19.7. The highest BCUT2D eigenvalue weighted by Gasteiger charge is 2.22. The predicted octanol–water partition coefficient (Wildman–Crippen LogP) is 4.51. The summed E-state index contributed by atoms with van der Waals surface area (Å²) in [5.41, 5.74) is 5.47. The zero-order valence-electron chi connectivity index (χ0n) is 19.7. The number of carbonyl (C=O) groups is 1. The molecule has 6 nitrogen and oxygen atoms in total. The van der Waals surface area contributed by atoms with Crippen LogP contribution in [0.1, 0.15) is 67.8 Å². The van der Waals surface area contributed by atoms with Gasteiger partial charge in [0.15, 0.2) is 0 Å². The molecule has 0 atom stereocenters. The summed E-state index contributed by atoms with van der Waals surface area (Å²) >= 11 is 0. The van der Waals surface area contributed by atoms with Crippen LogP contribution < -0.4 is 10.9 Å². The topological polar surface area (TPSA) is 68.9 Å². The number of rotatable bonds is 6. The highest BCUT2D eigenvalue weighted by atomic mass is 16.1. The fourth-order valence-electron chi connectivity index (χ4n) is 5.12. The van der Waals surface area contributed by atoms with Crippen molar-refractivity contribution in [3.63, 3.8) is 0 Å². The highest BCUT2D eigenvalue weighted by Crippen LogP contribution is 2.27. The smallest absolute Gasteiger partial charge is 0.255 e. The molecule has 1 amide bonds. The van der Waals surface area contributed by atoms with E-state index >= 15 is 0 Å². The van der Waals surface area contributed by atoms with Gasteiger partial charge in [-0.25, -0.2) is 4.68 Å². The maximum atomic E-state index is 13.5. The molecule has 1 aliphatic carbocycles. The minimum Gasteiger partial charge on any atom is -0.353 e. The Kier molecular flexibility index (Phi) is 6.49. The Balaban J connectivity index is 1.71. The average molecular weight is 435 g/mol. The molecule has 2 aromatic heterocycles. The first-order chi connectivity index (χ1) is 15.4. The molecule has 3 aromatic rings. The average Bonchev–Trinajstić information content (AvgIpc) is 3.12. The molecular formula is C26H34N4O2. The van der Waals surface area contributed by atoms with Crippen LogP contribution in [0.5, 0.6) is 0 Å². The van der Waals surface area contributed by atoms with E-state index in [-0.39, 0.29) is 11.5 Å². The van der Waals surface area contributed by atoms with Crippen LogP contribution in [0.2, 0.25) is 0 Å². The van der Waals surface area contributed by atoms with E-state index in [1.165, 1.54) is 19.3 Å². The van der Waals surface area contributed by atoms with Crippen LogP contribution in [0.15, 0.2) is 29.1 Å². The molecule has 1 aromatic carbocycles. The number of fused-ring (bicyclic) bond motifs is 1. The van der Waals surface area contributed by atoms with Crippen LogP contribution in [0.3, 0.4) is 0 Å². The zero-order chi connectivity index (χ0) is 22.8. The van der Waals surface area contributed by atoms with Gasteiger partial charge in [-0.3, -0.25) is 14.2 Å². The number of aromatic nitrogens is 3. The molecule has 1 aliphatic rings. The number of nitrogens with zero attached hydrogens (tertiary/aromatic N) is 3. The second-order valence-electron chi connectivity index (χ2n) is 9.04. The molecule has 0 saturated heterocycles. The van der Waals surface area contributed by atoms with Gasteiger partial charge in [-0.15, -0.1) is 0 Å². The summed E-state index contributed by atoms with van der Waals surface area (Å²) in [7, 11) is 0. The van der Waals surface area contributed by atoms with Crippen LogP contribution in [0.25, 0.3) is 16.7 Å². The summed E-state index contributed by atoms with van der Waals surface area (Å²) < 4.78 is 3.71. The molecule has 0 aliphatic heterocycles. The van der Waals surface area contributed by atoms with E-state index < -0.39 is 0 Å². The van der Waals surface area contributed by atoms with Crippen molar-refractivity contribution >= 4 is 16.9 Å². The molecule has 6 heteroatoms. The van der Waals surface area contributed by atoms with Gasteiger partial charge >= 0.3 is 0 Å². The summed E-state index contributed by atoms with van der Waals surface area (Å²) in [6, 6.07) is 8.38. The summed E-state index contributed by atoms with van der Waals surface area (Å²) in [6.07, 6.45) is 6.56. The van der Waals surface area contributed by atoms with Crippen molar-refractivity contribution < 1.29 is 4.79 Å². The predicted molar refractivity (Wildman–Crippen MR) is 129 cm³/mol. The first kappa shape index (κ1) is 22.3. The minimum atomic E-state index is -0.0160. The molecule has 0 unspecified atom stereocenters. The number of aryl methyl sites for hydroxylation is 4. The molecule has 32 heavy (non-hydrogen) atoms. The van der Waals surface area contributed by atoms with Crippen LogP contribution >= 0.6 is 0 Å². The molecule has 2 heterocycles. The van der Waals surface area contributed by atoms with Crippen molar-refractivity contribution in [3.05, 3.63) is 57.0 Å². The van der Waals surface area contributed by atoms with Gasteiger partial charge in [-0.2, -0.15) is 5.10 Å². The molecule has 1 fully saturated rings. The lowest BCUT2D eigenvalue weighted by Crippen LogP contribution is -2.36. The van der Waals surface area contributed by atoms with E-state index in [9.17, 15) is 9.59 Å². The summed E-state index contributed by atoms with van der Waals surface area (Å²) in [5.74, 6) is 0.0474. The van der Waals surface area contributed by atoms with Crippen LogP contribution in [-0.4, -0.2) is 26.3 Å². The fourth-order valence-corrected chi connectivity index (χ4v) is 5.12. The molecule has 1 saturated carbocycles. The van der Waals surface area contributed by atoms with E-state index in [0.29, 0.717) is 25.4 Å². The third-order valence-electron chi connectivity index (χ3n) is 6.85. The highest BCUT2D eigenvalue weighted by molar-refractivity contribution is 5.85. The normalized spacial score (nSPS) is 14.8. The van der Waals surface area contributed by atoms with Gasteiger partial charge in [0.05, 0.1) is 11.4 Å². The lowest BCUT2D eigenvalue weighted by molar-refractivity contribution is -0.121. The van der Waals surface area contributed by atoms with Crippen LogP contribution in [0.4, 0.5) is 0 Å². The first-order valence-electron chi connectivity index (χ1n) is 11.9. The SMILES string of the molecule is CCn1c(=O)c(CCC(=O)NC2CCCCC2)c(C)c2c(C)nn(-c3ccccc3C)c21. The van der Waals surface area contributed by atoms with Crippen LogP contribution in [-0.2, 0) is 17.8 Å². The second-order valence-corrected chi connectivity index (χ2v) is 9.04. The number of nitrogens with one attached hydrogen (secondary N) is 1. The second kappa shape index (κ2) is 9.31. The monoisotopic (exact) mass is 434 g/mol. The van der Waals surface area contributed by atoms with Crippen molar-refractivity contribution in [2.45, 2.75) is 85.2 Å². The summed E-state index contributed by atoms with van der Waals surface area (Å²) in [6.45, 7) is 8.58. The molecule has 0 spiro atoms. The van der Waals surface area contributed by atoms with Gasteiger partial charge in [0, 0.05) is 30.0 Å². The van der Waals surface area contributed by atoms with Crippen LogP contribution in [0, 0.1) is 20.8 Å². The Bertz CT molecular complexity index is 1200. The molecule has 170 valence electrons. The lowest BCUT2D eigenvalue weighted by Gasteiger charge is -2.22. The van der Waals surface area contributed by atoms with E-state index in [1.807, 2.05) is 48.2 Å². The van der Waals surface area contributed by atoms with E-state index in [0.717, 1.165) is 51.9 Å². The quantitative estimate of drug-likeness (QED) is 0.620. The first-order valence-corrected chi connectivity index (χ1v) is 11.9. The Morgan fingerprint density at radius 3 is 2.53 bits per heavy atom. The Hall–Kier alpha value is -2.89. The Labute approximate surface area is 189 Å². The van der Waals surface area contributed by atoms with Gasteiger partial charge < -0.3 is 5.32 Å². The molecule has 4 rings (SSSR count). The van der Waals surface area contributed by atoms with Crippen molar-refractivity contribution in [3.8, 4) is 5.69 Å². The maximum Gasteiger partial charge on any atom is 0.255 e.